The molecule has 21 heavy (non-hydrogen) atoms. The standard InChI is InChI=1S/C17H26N2O2/c1-5-15(17(21)18-7-3)19(16(20)6-2)12-14-11-9-8-10-13(14)4/h8-11,15H,5-7,12H2,1-4H3,(H,18,21)/t15-/m1/s1. The quantitative estimate of drug-likeness (QED) is 0.839. The van der Waals surface area contributed by atoms with Crippen LogP contribution in [0.1, 0.15) is 44.7 Å². The van der Waals surface area contributed by atoms with Gasteiger partial charge in [0.15, 0.2) is 0 Å². The summed E-state index contributed by atoms with van der Waals surface area (Å²) in [5, 5.41) is 2.82. The molecule has 0 aliphatic rings. The van der Waals surface area contributed by atoms with E-state index < -0.39 is 6.04 Å². The van der Waals surface area contributed by atoms with E-state index in [0.29, 0.717) is 25.9 Å². The van der Waals surface area contributed by atoms with Gasteiger partial charge in [0.05, 0.1) is 0 Å². The Bertz CT molecular complexity index is 485. The van der Waals surface area contributed by atoms with Crippen molar-refractivity contribution in [1.82, 2.24) is 10.2 Å². The zero-order valence-electron chi connectivity index (χ0n) is 13.5. The molecule has 1 rings (SSSR count). The third kappa shape index (κ3) is 4.59. The van der Waals surface area contributed by atoms with Gasteiger partial charge < -0.3 is 10.2 Å². The summed E-state index contributed by atoms with van der Waals surface area (Å²) in [6.45, 7) is 8.74. The number of likely N-dealkylation sites (N-methyl/N-ethyl adjacent to an activating group) is 1. The molecule has 0 radical (unpaired) electrons. The Morgan fingerprint density at radius 3 is 2.38 bits per heavy atom. The third-order valence-electron chi connectivity index (χ3n) is 3.64. The lowest BCUT2D eigenvalue weighted by Crippen LogP contribution is -2.48. The highest BCUT2D eigenvalue weighted by atomic mass is 16.2. The number of nitrogens with one attached hydrogen (secondary N) is 1. The van der Waals surface area contributed by atoms with Crippen LogP contribution < -0.4 is 5.32 Å². The van der Waals surface area contributed by atoms with Gasteiger partial charge in [0.2, 0.25) is 11.8 Å². The van der Waals surface area contributed by atoms with Crippen molar-refractivity contribution < 1.29 is 9.59 Å². The first-order valence-electron chi connectivity index (χ1n) is 7.66. The average Bonchev–Trinajstić information content (AvgIpc) is 2.48. The molecule has 1 aromatic rings. The van der Waals surface area contributed by atoms with Gasteiger partial charge in [-0.15, -0.1) is 0 Å². The van der Waals surface area contributed by atoms with E-state index in [-0.39, 0.29) is 11.8 Å². The largest absolute Gasteiger partial charge is 0.355 e. The van der Waals surface area contributed by atoms with Crippen LogP contribution in [0.25, 0.3) is 0 Å². The van der Waals surface area contributed by atoms with E-state index in [4.69, 9.17) is 0 Å². The van der Waals surface area contributed by atoms with Gasteiger partial charge in [-0.3, -0.25) is 9.59 Å². The van der Waals surface area contributed by atoms with E-state index in [1.807, 2.05) is 52.0 Å². The summed E-state index contributed by atoms with van der Waals surface area (Å²) in [5.74, 6) is -0.0632. The molecule has 116 valence electrons. The summed E-state index contributed by atoms with van der Waals surface area (Å²) in [4.78, 5) is 26.2. The average molecular weight is 290 g/mol. The van der Waals surface area contributed by atoms with Gasteiger partial charge in [-0.05, 0) is 31.4 Å². The van der Waals surface area contributed by atoms with Crippen molar-refractivity contribution in [1.29, 1.82) is 0 Å². The normalized spacial score (nSPS) is 11.8. The Morgan fingerprint density at radius 1 is 1.19 bits per heavy atom. The van der Waals surface area contributed by atoms with Crippen molar-refractivity contribution in [3.05, 3.63) is 35.4 Å². The number of hydrogen-bond acceptors (Lipinski definition) is 2. The van der Waals surface area contributed by atoms with E-state index in [1.54, 1.807) is 4.90 Å². The molecule has 0 spiro atoms. The molecule has 1 atom stereocenters. The molecule has 0 aromatic heterocycles. The second kappa shape index (κ2) is 8.45. The van der Waals surface area contributed by atoms with E-state index in [1.165, 1.54) is 0 Å². The summed E-state index contributed by atoms with van der Waals surface area (Å²) < 4.78 is 0. The zero-order chi connectivity index (χ0) is 15.8. The molecule has 0 bridgehead atoms. The highest BCUT2D eigenvalue weighted by Crippen LogP contribution is 2.16. The Morgan fingerprint density at radius 2 is 1.86 bits per heavy atom. The number of benzene rings is 1. The second-order valence-corrected chi connectivity index (χ2v) is 5.12. The molecule has 2 amide bonds. The lowest BCUT2D eigenvalue weighted by molar-refractivity contribution is -0.141. The fraction of sp³-hybridized carbons (Fsp3) is 0.529. The van der Waals surface area contributed by atoms with Gasteiger partial charge in [-0.2, -0.15) is 0 Å². The van der Waals surface area contributed by atoms with Crippen LogP contribution in [0, 0.1) is 6.92 Å². The predicted octanol–water partition coefficient (Wildman–Crippen LogP) is 2.65. The number of amides is 2. The third-order valence-corrected chi connectivity index (χ3v) is 3.64. The molecular weight excluding hydrogens is 264 g/mol. The van der Waals surface area contributed by atoms with E-state index >= 15 is 0 Å². The van der Waals surface area contributed by atoms with E-state index in [2.05, 4.69) is 5.32 Å². The van der Waals surface area contributed by atoms with Crippen molar-refractivity contribution in [2.75, 3.05) is 6.54 Å². The van der Waals surface area contributed by atoms with Crippen LogP contribution in [-0.4, -0.2) is 29.3 Å². The van der Waals surface area contributed by atoms with Crippen molar-refractivity contribution in [2.45, 2.75) is 53.1 Å². The fourth-order valence-electron chi connectivity index (χ4n) is 2.39. The summed E-state index contributed by atoms with van der Waals surface area (Å²) in [6.07, 6.45) is 1.02. The number of carbonyl (C=O) groups is 2. The Balaban J connectivity index is 3.02. The number of rotatable bonds is 7. The second-order valence-electron chi connectivity index (χ2n) is 5.12. The van der Waals surface area contributed by atoms with Crippen LogP contribution in [0.4, 0.5) is 0 Å². The maximum Gasteiger partial charge on any atom is 0.242 e. The number of aryl methyl sites for hydroxylation is 1. The van der Waals surface area contributed by atoms with Gasteiger partial charge in [-0.25, -0.2) is 0 Å². The molecule has 0 heterocycles. The van der Waals surface area contributed by atoms with Crippen LogP contribution in [0.15, 0.2) is 24.3 Å². The molecule has 1 N–H and O–H groups in total. The number of carbonyl (C=O) groups excluding carboxylic acids is 2. The predicted molar refractivity (Wildman–Crippen MR) is 84.8 cm³/mol. The minimum absolute atomic E-state index is 0.0105. The molecule has 0 unspecified atom stereocenters. The molecule has 0 aliphatic heterocycles. The Labute approximate surface area is 127 Å². The molecule has 0 saturated carbocycles. The van der Waals surface area contributed by atoms with Crippen LogP contribution in [0.5, 0.6) is 0 Å². The van der Waals surface area contributed by atoms with Crippen molar-refractivity contribution in [3.8, 4) is 0 Å². The first-order chi connectivity index (χ1) is 10.0. The van der Waals surface area contributed by atoms with Crippen LogP contribution in [0.3, 0.4) is 0 Å². The van der Waals surface area contributed by atoms with Crippen molar-refractivity contribution in [2.24, 2.45) is 0 Å². The lowest BCUT2D eigenvalue weighted by atomic mass is 10.1. The summed E-state index contributed by atoms with van der Waals surface area (Å²) in [5.41, 5.74) is 2.22. The highest BCUT2D eigenvalue weighted by molar-refractivity contribution is 5.87. The summed E-state index contributed by atoms with van der Waals surface area (Å²) >= 11 is 0. The van der Waals surface area contributed by atoms with Crippen LogP contribution >= 0.6 is 0 Å². The molecule has 0 aliphatic carbocycles. The SMILES string of the molecule is CCNC(=O)[C@@H](CC)N(Cc1ccccc1C)C(=O)CC. The molecule has 1 aromatic carbocycles. The minimum atomic E-state index is -0.406. The lowest BCUT2D eigenvalue weighted by Gasteiger charge is -2.30. The molecule has 4 heteroatoms. The summed E-state index contributed by atoms with van der Waals surface area (Å²) in [7, 11) is 0. The van der Waals surface area contributed by atoms with E-state index in [9.17, 15) is 9.59 Å². The first-order valence-corrected chi connectivity index (χ1v) is 7.66. The summed E-state index contributed by atoms with van der Waals surface area (Å²) in [6, 6.07) is 7.57. The molecule has 0 fully saturated rings. The Kier molecular flexibility index (Phi) is 6.92. The van der Waals surface area contributed by atoms with Gasteiger partial charge in [0.25, 0.3) is 0 Å². The number of nitrogens with zero attached hydrogens (tertiary/aromatic N) is 1. The zero-order valence-corrected chi connectivity index (χ0v) is 13.5. The Hall–Kier alpha value is -1.84. The van der Waals surface area contributed by atoms with Crippen molar-refractivity contribution in [3.63, 3.8) is 0 Å². The smallest absolute Gasteiger partial charge is 0.242 e. The number of hydrogen-bond donors (Lipinski definition) is 1. The minimum Gasteiger partial charge on any atom is -0.355 e. The topological polar surface area (TPSA) is 49.4 Å². The monoisotopic (exact) mass is 290 g/mol. The van der Waals surface area contributed by atoms with Crippen LogP contribution in [-0.2, 0) is 16.1 Å². The van der Waals surface area contributed by atoms with Crippen molar-refractivity contribution >= 4 is 11.8 Å². The maximum atomic E-state index is 12.3. The van der Waals surface area contributed by atoms with Gasteiger partial charge in [0.1, 0.15) is 6.04 Å². The van der Waals surface area contributed by atoms with Gasteiger partial charge >= 0.3 is 0 Å². The fourth-order valence-corrected chi connectivity index (χ4v) is 2.39. The van der Waals surface area contributed by atoms with Crippen LogP contribution in [0.2, 0.25) is 0 Å². The van der Waals surface area contributed by atoms with E-state index in [0.717, 1.165) is 11.1 Å². The highest BCUT2D eigenvalue weighted by Gasteiger charge is 2.27. The molecule has 0 saturated heterocycles. The maximum absolute atomic E-state index is 12.3. The van der Waals surface area contributed by atoms with Gasteiger partial charge in [-0.1, -0.05) is 38.1 Å². The first kappa shape index (κ1) is 17.2. The van der Waals surface area contributed by atoms with Gasteiger partial charge in [0, 0.05) is 19.5 Å². The molecule has 4 nitrogen and oxygen atoms in total. The molecular formula is C17H26N2O2.